The van der Waals surface area contributed by atoms with Crippen LogP contribution in [0.25, 0.3) is 0 Å². The Labute approximate surface area is 137 Å². The van der Waals surface area contributed by atoms with E-state index >= 15 is 0 Å². The minimum atomic E-state index is -0.523. The monoisotopic (exact) mass is 362 g/mol. The van der Waals surface area contributed by atoms with E-state index in [9.17, 15) is 9.59 Å². The zero-order valence-electron chi connectivity index (χ0n) is 12.3. The van der Waals surface area contributed by atoms with Crippen molar-refractivity contribution in [1.29, 1.82) is 0 Å². The van der Waals surface area contributed by atoms with E-state index < -0.39 is 5.97 Å². The smallest absolute Gasteiger partial charge is 0.349 e. The van der Waals surface area contributed by atoms with Gasteiger partial charge in [0.1, 0.15) is 17.8 Å². The molecular formula is C17H15BrO4. The Hall–Kier alpha value is -2.14. The molecule has 0 heterocycles. The molecule has 0 aliphatic rings. The number of carbonyl (C=O) groups is 2. The van der Waals surface area contributed by atoms with Gasteiger partial charge in [-0.05, 0) is 49.2 Å². The van der Waals surface area contributed by atoms with E-state index in [4.69, 9.17) is 9.47 Å². The zero-order valence-corrected chi connectivity index (χ0v) is 13.8. The van der Waals surface area contributed by atoms with Crippen LogP contribution in [0.4, 0.5) is 0 Å². The molecule has 0 bridgehead atoms. The average Bonchev–Trinajstić information content (AvgIpc) is 2.46. The molecule has 2 aromatic rings. The molecule has 0 fully saturated rings. The number of esters is 1. The summed E-state index contributed by atoms with van der Waals surface area (Å²) in [5, 5.41) is 0. The fourth-order valence-corrected chi connectivity index (χ4v) is 2.76. The second-order valence-corrected chi connectivity index (χ2v) is 5.74. The van der Waals surface area contributed by atoms with Crippen LogP contribution < -0.4 is 9.47 Å². The second kappa shape index (κ2) is 7.22. The first-order valence-corrected chi connectivity index (χ1v) is 7.44. The van der Waals surface area contributed by atoms with E-state index in [2.05, 4.69) is 15.9 Å². The Morgan fingerprint density at radius 2 is 1.86 bits per heavy atom. The lowest BCUT2D eigenvalue weighted by Gasteiger charge is -2.12. The van der Waals surface area contributed by atoms with Crippen LogP contribution in [0.3, 0.4) is 0 Å². The van der Waals surface area contributed by atoms with Crippen molar-refractivity contribution in [2.75, 3.05) is 6.61 Å². The summed E-state index contributed by atoms with van der Waals surface area (Å²) in [5.41, 5.74) is 2.32. The average molecular weight is 363 g/mol. The fourth-order valence-electron chi connectivity index (χ4n) is 2.07. The highest BCUT2D eigenvalue weighted by Crippen LogP contribution is 2.27. The van der Waals surface area contributed by atoms with Gasteiger partial charge in [-0.15, -0.1) is 0 Å². The Morgan fingerprint density at radius 3 is 2.50 bits per heavy atom. The third kappa shape index (κ3) is 4.18. The van der Waals surface area contributed by atoms with E-state index in [0.29, 0.717) is 23.3 Å². The lowest BCUT2D eigenvalue weighted by Crippen LogP contribution is -2.18. The quantitative estimate of drug-likeness (QED) is 0.460. The number of hydrogen-bond donors (Lipinski definition) is 0. The number of carbonyl (C=O) groups excluding carboxylic acids is 2. The lowest BCUT2D eigenvalue weighted by atomic mass is 10.1. The fraction of sp³-hybridized carbons (Fsp3) is 0.176. The van der Waals surface area contributed by atoms with Crippen LogP contribution in [-0.4, -0.2) is 18.9 Å². The molecule has 22 heavy (non-hydrogen) atoms. The van der Waals surface area contributed by atoms with E-state index in [0.717, 1.165) is 15.6 Å². The van der Waals surface area contributed by atoms with Crippen LogP contribution in [0.15, 0.2) is 40.9 Å². The Bertz CT molecular complexity index is 687. The number of benzene rings is 2. The van der Waals surface area contributed by atoms with Gasteiger partial charge in [-0.25, -0.2) is 4.79 Å². The summed E-state index contributed by atoms with van der Waals surface area (Å²) in [6, 6.07) is 10.2. The maximum absolute atomic E-state index is 11.8. The molecule has 2 aromatic carbocycles. The number of aryl methyl sites for hydroxylation is 2. The second-order valence-electron chi connectivity index (χ2n) is 4.82. The van der Waals surface area contributed by atoms with Crippen LogP contribution >= 0.6 is 15.9 Å². The summed E-state index contributed by atoms with van der Waals surface area (Å²) in [6.45, 7) is 3.62. The van der Waals surface area contributed by atoms with Gasteiger partial charge in [-0.1, -0.05) is 28.1 Å². The standard InChI is InChI=1S/C17H15BrO4/c1-11-6-14(18)7-12(2)17(11)21-10-16(20)22-15-5-3-4-13(8-15)9-19/h3-9H,10H2,1-2H3. The summed E-state index contributed by atoms with van der Waals surface area (Å²) in [5.74, 6) is 0.467. The molecule has 0 saturated carbocycles. The first-order chi connectivity index (χ1) is 10.5. The molecule has 0 amide bonds. The van der Waals surface area contributed by atoms with Gasteiger partial charge in [0, 0.05) is 10.0 Å². The Kier molecular flexibility index (Phi) is 5.33. The first kappa shape index (κ1) is 16.2. The van der Waals surface area contributed by atoms with Crippen molar-refractivity contribution in [1.82, 2.24) is 0 Å². The molecule has 114 valence electrons. The SMILES string of the molecule is Cc1cc(Br)cc(C)c1OCC(=O)Oc1cccc(C=O)c1. The highest BCUT2D eigenvalue weighted by molar-refractivity contribution is 9.10. The number of ether oxygens (including phenoxy) is 2. The van der Waals surface area contributed by atoms with Crippen molar-refractivity contribution in [2.24, 2.45) is 0 Å². The van der Waals surface area contributed by atoms with Gasteiger partial charge in [0.25, 0.3) is 0 Å². The molecule has 0 saturated heterocycles. The van der Waals surface area contributed by atoms with Crippen molar-refractivity contribution in [2.45, 2.75) is 13.8 Å². The molecule has 4 nitrogen and oxygen atoms in total. The maximum Gasteiger partial charge on any atom is 0.349 e. The largest absolute Gasteiger partial charge is 0.481 e. The normalized spacial score (nSPS) is 10.1. The lowest BCUT2D eigenvalue weighted by molar-refractivity contribution is -0.136. The van der Waals surface area contributed by atoms with Crippen molar-refractivity contribution in [3.63, 3.8) is 0 Å². The molecule has 0 aromatic heterocycles. The van der Waals surface area contributed by atoms with Crippen LogP contribution in [0.2, 0.25) is 0 Å². The van der Waals surface area contributed by atoms with Crippen LogP contribution in [-0.2, 0) is 4.79 Å². The first-order valence-electron chi connectivity index (χ1n) is 6.65. The predicted octanol–water partition coefficient (Wildman–Crippen LogP) is 3.86. The van der Waals surface area contributed by atoms with Gasteiger partial charge in [0.15, 0.2) is 6.61 Å². The van der Waals surface area contributed by atoms with Gasteiger partial charge in [0.05, 0.1) is 0 Å². The molecule has 0 N–H and O–H groups in total. The van der Waals surface area contributed by atoms with Crippen molar-refractivity contribution < 1.29 is 19.1 Å². The summed E-state index contributed by atoms with van der Waals surface area (Å²) in [6.07, 6.45) is 0.697. The van der Waals surface area contributed by atoms with Crippen LogP contribution in [0.1, 0.15) is 21.5 Å². The molecule has 0 radical (unpaired) electrons. The predicted molar refractivity (Wildman–Crippen MR) is 86.6 cm³/mol. The third-order valence-corrected chi connectivity index (χ3v) is 3.44. The molecule has 2 rings (SSSR count). The number of rotatable bonds is 5. The minimum Gasteiger partial charge on any atom is -0.481 e. The summed E-state index contributed by atoms with van der Waals surface area (Å²) in [7, 11) is 0. The van der Waals surface area contributed by atoms with Crippen LogP contribution in [0.5, 0.6) is 11.5 Å². The molecule has 0 atom stereocenters. The molecule has 5 heteroatoms. The van der Waals surface area contributed by atoms with Crippen molar-refractivity contribution in [3.05, 3.63) is 57.6 Å². The minimum absolute atomic E-state index is 0.200. The number of halogens is 1. The topological polar surface area (TPSA) is 52.6 Å². The van der Waals surface area contributed by atoms with Crippen molar-refractivity contribution >= 4 is 28.2 Å². The Morgan fingerprint density at radius 1 is 1.18 bits per heavy atom. The zero-order chi connectivity index (χ0) is 16.1. The van der Waals surface area contributed by atoms with E-state index in [-0.39, 0.29) is 6.61 Å². The summed E-state index contributed by atoms with van der Waals surface area (Å²) < 4.78 is 11.7. The highest BCUT2D eigenvalue weighted by atomic mass is 79.9. The van der Waals surface area contributed by atoms with Crippen LogP contribution in [0, 0.1) is 13.8 Å². The molecule has 0 aliphatic carbocycles. The molecule has 0 aliphatic heterocycles. The van der Waals surface area contributed by atoms with Crippen molar-refractivity contribution in [3.8, 4) is 11.5 Å². The summed E-state index contributed by atoms with van der Waals surface area (Å²) >= 11 is 3.41. The van der Waals surface area contributed by atoms with E-state index in [1.165, 1.54) is 6.07 Å². The van der Waals surface area contributed by atoms with Gasteiger partial charge >= 0.3 is 5.97 Å². The van der Waals surface area contributed by atoms with E-state index in [1.54, 1.807) is 18.2 Å². The molecular weight excluding hydrogens is 348 g/mol. The number of aldehydes is 1. The summed E-state index contributed by atoms with van der Waals surface area (Å²) in [4.78, 5) is 22.5. The molecule has 0 spiro atoms. The Balaban J connectivity index is 2.00. The van der Waals surface area contributed by atoms with Gasteiger partial charge in [0.2, 0.25) is 0 Å². The van der Waals surface area contributed by atoms with Gasteiger partial charge < -0.3 is 9.47 Å². The molecule has 0 unspecified atom stereocenters. The number of hydrogen-bond acceptors (Lipinski definition) is 4. The van der Waals surface area contributed by atoms with E-state index in [1.807, 2.05) is 26.0 Å². The van der Waals surface area contributed by atoms with Gasteiger partial charge in [-0.3, -0.25) is 4.79 Å². The maximum atomic E-state index is 11.8. The third-order valence-electron chi connectivity index (χ3n) is 2.99. The highest BCUT2D eigenvalue weighted by Gasteiger charge is 2.10. The van der Waals surface area contributed by atoms with Gasteiger partial charge in [-0.2, -0.15) is 0 Å².